The summed E-state index contributed by atoms with van der Waals surface area (Å²) in [5.41, 5.74) is 4.03. The Bertz CT molecular complexity index is 674. The second-order valence-electron chi connectivity index (χ2n) is 12.4. The Hall–Kier alpha value is -0.560. The van der Waals surface area contributed by atoms with Crippen molar-refractivity contribution in [3.05, 3.63) is 23.8 Å². The molecule has 30 heavy (non-hydrogen) atoms. The molecule has 1 nitrogen and oxygen atoms in total. The van der Waals surface area contributed by atoms with Crippen LogP contribution in [0.2, 0.25) is 0 Å². The van der Waals surface area contributed by atoms with Crippen LogP contribution in [0, 0.1) is 46.3 Å². The van der Waals surface area contributed by atoms with Crippen molar-refractivity contribution >= 4 is 0 Å². The Labute approximate surface area is 186 Å². The molecule has 0 aliphatic heterocycles. The van der Waals surface area contributed by atoms with Gasteiger partial charge in [-0.05, 0) is 111 Å². The third kappa shape index (κ3) is 3.66. The SMILES string of the molecule is C=C(CC[C@@H](CC)C(C)C)[C@H]1CC[C@H]2[C@@H]3CC=C4C[C@@H](O)CC[C@]4(C)[C@H]3CC[C@]12C. The zero-order valence-electron chi connectivity index (χ0n) is 20.6. The van der Waals surface area contributed by atoms with Gasteiger partial charge in [0, 0.05) is 0 Å². The Morgan fingerprint density at radius 2 is 1.90 bits per heavy atom. The molecule has 3 fully saturated rings. The number of rotatable bonds is 6. The van der Waals surface area contributed by atoms with Crippen LogP contribution in [-0.4, -0.2) is 11.2 Å². The number of hydrogen-bond acceptors (Lipinski definition) is 1. The van der Waals surface area contributed by atoms with Crippen LogP contribution in [0.1, 0.15) is 105 Å². The van der Waals surface area contributed by atoms with Gasteiger partial charge in [-0.3, -0.25) is 0 Å². The molecule has 3 saturated carbocycles. The zero-order valence-corrected chi connectivity index (χ0v) is 20.6. The molecule has 4 aliphatic rings. The fraction of sp³-hybridized carbons (Fsp3) is 0.862. The van der Waals surface area contributed by atoms with Crippen molar-refractivity contribution in [1.29, 1.82) is 0 Å². The molecular formula is C29H48O. The summed E-state index contributed by atoms with van der Waals surface area (Å²) in [7, 11) is 0. The van der Waals surface area contributed by atoms with Gasteiger partial charge in [-0.2, -0.15) is 0 Å². The van der Waals surface area contributed by atoms with E-state index in [-0.39, 0.29) is 6.10 Å². The zero-order chi connectivity index (χ0) is 21.7. The first kappa shape index (κ1) is 22.6. The average Bonchev–Trinajstić information content (AvgIpc) is 3.06. The summed E-state index contributed by atoms with van der Waals surface area (Å²) in [6.07, 6.45) is 16.4. The van der Waals surface area contributed by atoms with E-state index in [0.717, 1.165) is 48.3 Å². The predicted octanol–water partition coefficient (Wildman–Crippen LogP) is 7.94. The molecule has 0 aromatic rings. The maximum absolute atomic E-state index is 10.2. The summed E-state index contributed by atoms with van der Waals surface area (Å²) in [5.74, 6) is 4.99. The van der Waals surface area contributed by atoms with E-state index in [9.17, 15) is 5.11 Å². The van der Waals surface area contributed by atoms with Gasteiger partial charge in [0.15, 0.2) is 0 Å². The highest BCUT2D eigenvalue weighted by Crippen LogP contribution is 2.67. The molecule has 0 amide bonds. The Balaban J connectivity index is 1.48. The lowest BCUT2D eigenvalue weighted by Gasteiger charge is -2.58. The second-order valence-corrected chi connectivity index (χ2v) is 12.4. The summed E-state index contributed by atoms with van der Waals surface area (Å²) in [4.78, 5) is 0. The number of allylic oxidation sites excluding steroid dienone is 2. The maximum atomic E-state index is 10.2. The van der Waals surface area contributed by atoms with Gasteiger partial charge in [-0.15, -0.1) is 0 Å². The van der Waals surface area contributed by atoms with Crippen LogP contribution in [0.4, 0.5) is 0 Å². The number of aliphatic hydroxyl groups excluding tert-OH is 1. The predicted molar refractivity (Wildman–Crippen MR) is 128 cm³/mol. The van der Waals surface area contributed by atoms with Crippen LogP contribution in [0.3, 0.4) is 0 Å². The van der Waals surface area contributed by atoms with Crippen LogP contribution in [-0.2, 0) is 0 Å². The fourth-order valence-corrected chi connectivity index (χ4v) is 8.87. The summed E-state index contributed by atoms with van der Waals surface area (Å²) < 4.78 is 0. The first-order chi connectivity index (χ1) is 14.2. The molecular weight excluding hydrogens is 364 g/mol. The molecule has 4 aliphatic carbocycles. The molecule has 4 rings (SSSR count). The molecule has 0 heterocycles. The quantitative estimate of drug-likeness (QED) is 0.439. The van der Waals surface area contributed by atoms with Crippen LogP contribution in [0.15, 0.2) is 23.8 Å². The van der Waals surface area contributed by atoms with Gasteiger partial charge in [0.2, 0.25) is 0 Å². The van der Waals surface area contributed by atoms with Crippen LogP contribution < -0.4 is 0 Å². The van der Waals surface area contributed by atoms with E-state index in [1.165, 1.54) is 57.8 Å². The van der Waals surface area contributed by atoms with Gasteiger partial charge in [0.1, 0.15) is 0 Å². The van der Waals surface area contributed by atoms with Gasteiger partial charge in [-0.1, -0.05) is 64.8 Å². The summed E-state index contributed by atoms with van der Waals surface area (Å²) in [5, 5.41) is 10.2. The highest BCUT2D eigenvalue weighted by molar-refractivity contribution is 5.26. The normalized spacial score (nSPS) is 44.1. The summed E-state index contributed by atoms with van der Waals surface area (Å²) in [6, 6.07) is 0. The van der Waals surface area contributed by atoms with E-state index >= 15 is 0 Å². The Morgan fingerprint density at radius 3 is 2.60 bits per heavy atom. The average molecular weight is 413 g/mol. The highest BCUT2D eigenvalue weighted by Gasteiger charge is 2.58. The van der Waals surface area contributed by atoms with Crippen molar-refractivity contribution < 1.29 is 5.11 Å². The monoisotopic (exact) mass is 412 g/mol. The molecule has 1 N–H and O–H groups in total. The van der Waals surface area contributed by atoms with Crippen LogP contribution in [0.5, 0.6) is 0 Å². The standard InChI is InChI=1S/C29H48O/c1-7-21(19(2)3)9-8-20(4)25-12-13-26-24-11-10-22-18-23(30)14-16-28(22,5)27(24)15-17-29(25,26)6/h10,19,21,23-27,30H,4,7-9,11-18H2,1-3,5-6H3/t21-,23+,24+,25-,26+,27+,28+,29-/m1/s1. The van der Waals surface area contributed by atoms with Crippen molar-refractivity contribution in [3.8, 4) is 0 Å². The van der Waals surface area contributed by atoms with E-state index in [2.05, 4.69) is 40.7 Å². The lowest BCUT2D eigenvalue weighted by Crippen LogP contribution is -2.50. The van der Waals surface area contributed by atoms with Crippen molar-refractivity contribution in [2.45, 2.75) is 111 Å². The lowest BCUT2D eigenvalue weighted by atomic mass is 9.47. The molecule has 170 valence electrons. The molecule has 0 radical (unpaired) electrons. The summed E-state index contributed by atoms with van der Waals surface area (Å²) in [6.45, 7) is 17.0. The number of aliphatic hydroxyl groups is 1. The van der Waals surface area contributed by atoms with Gasteiger partial charge in [0.25, 0.3) is 0 Å². The highest BCUT2D eigenvalue weighted by atomic mass is 16.3. The largest absolute Gasteiger partial charge is 0.393 e. The third-order valence-electron chi connectivity index (χ3n) is 10.9. The second kappa shape index (κ2) is 8.42. The molecule has 8 atom stereocenters. The minimum Gasteiger partial charge on any atom is -0.393 e. The first-order valence-corrected chi connectivity index (χ1v) is 13.3. The number of fused-ring (bicyclic) bond motifs is 5. The molecule has 0 spiro atoms. The molecule has 0 aromatic carbocycles. The Kier molecular flexibility index (Phi) is 6.35. The van der Waals surface area contributed by atoms with E-state index < -0.39 is 0 Å². The van der Waals surface area contributed by atoms with E-state index in [1.807, 2.05) is 0 Å². The molecule has 0 aromatic heterocycles. The molecule has 1 heteroatoms. The minimum atomic E-state index is -0.0910. The van der Waals surface area contributed by atoms with Crippen molar-refractivity contribution in [2.24, 2.45) is 46.3 Å². The molecule has 0 saturated heterocycles. The third-order valence-corrected chi connectivity index (χ3v) is 10.9. The van der Waals surface area contributed by atoms with Crippen LogP contribution >= 0.6 is 0 Å². The maximum Gasteiger partial charge on any atom is 0.0577 e. The van der Waals surface area contributed by atoms with Gasteiger partial charge in [-0.25, -0.2) is 0 Å². The fourth-order valence-electron chi connectivity index (χ4n) is 8.87. The molecule has 0 bridgehead atoms. The van der Waals surface area contributed by atoms with Gasteiger partial charge in [0.05, 0.1) is 6.10 Å². The van der Waals surface area contributed by atoms with E-state index in [1.54, 1.807) is 11.1 Å². The first-order valence-electron chi connectivity index (χ1n) is 13.3. The van der Waals surface area contributed by atoms with Crippen molar-refractivity contribution in [3.63, 3.8) is 0 Å². The van der Waals surface area contributed by atoms with Crippen LogP contribution in [0.25, 0.3) is 0 Å². The smallest absolute Gasteiger partial charge is 0.0577 e. The lowest BCUT2D eigenvalue weighted by molar-refractivity contribution is -0.0457. The van der Waals surface area contributed by atoms with E-state index in [0.29, 0.717) is 10.8 Å². The number of hydrogen-bond donors (Lipinski definition) is 1. The van der Waals surface area contributed by atoms with Crippen molar-refractivity contribution in [1.82, 2.24) is 0 Å². The topological polar surface area (TPSA) is 20.2 Å². The minimum absolute atomic E-state index is 0.0910. The van der Waals surface area contributed by atoms with Gasteiger partial charge >= 0.3 is 0 Å². The van der Waals surface area contributed by atoms with E-state index in [4.69, 9.17) is 6.58 Å². The molecule has 0 unspecified atom stereocenters. The Morgan fingerprint density at radius 1 is 1.13 bits per heavy atom. The van der Waals surface area contributed by atoms with Gasteiger partial charge < -0.3 is 5.11 Å². The van der Waals surface area contributed by atoms with Crippen molar-refractivity contribution in [2.75, 3.05) is 0 Å². The summed E-state index contributed by atoms with van der Waals surface area (Å²) >= 11 is 0.